The third-order valence-electron chi connectivity index (χ3n) is 4.83. The summed E-state index contributed by atoms with van der Waals surface area (Å²) in [5, 5.41) is 13.1. The van der Waals surface area contributed by atoms with Crippen molar-refractivity contribution in [3.8, 4) is 11.1 Å². The third-order valence-corrected chi connectivity index (χ3v) is 6.52. The standard InChI is InChI=1S/C20H18ClN3OS/c1-20(11-17(25)24(2)19(22)23-20)16-10-13-6-4-8-15(18(13)26-16)12-5-3-7-14(21)9-12/h3-10H,11H2,1-2H3,(H2,22,23)/t20-/m0/s1. The highest BCUT2D eigenvalue weighted by Crippen LogP contribution is 2.41. The fraction of sp³-hybridized carbons (Fsp3) is 0.200. The second-order valence-corrected chi connectivity index (χ2v) is 8.27. The number of hydrogen-bond acceptors (Lipinski definition) is 3. The molecule has 26 heavy (non-hydrogen) atoms. The van der Waals surface area contributed by atoms with Gasteiger partial charge in [0.15, 0.2) is 5.96 Å². The van der Waals surface area contributed by atoms with E-state index in [-0.39, 0.29) is 11.9 Å². The number of carbonyl (C=O) groups is 1. The molecule has 3 aromatic rings. The topological polar surface area (TPSA) is 56.2 Å². The Morgan fingerprint density at radius 3 is 2.73 bits per heavy atom. The van der Waals surface area contributed by atoms with Gasteiger partial charge in [-0.05, 0) is 41.6 Å². The van der Waals surface area contributed by atoms with Crippen LogP contribution in [0.1, 0.15) is 18.2 Å². The van der Waals surface area contributed by atoms with E-state index in [1.165, 1.54) is 4.90 Å². The number of rotatable bonds is 2. The van der Waals surface area contributed by atoms with E-state index >= 15 is 0 Å². The maximum Gasteiger partial charge on any atom is 0.231 e. The average Bonchev–Trinajstić information content (AvgIpc) is 3.05. The molecule has 0 saturated carbocycles. The Labute approximate surface area is 160 Å². The van der Waals surface area contributed by atoms with Crippen LogP contribution in [0.3, 0.4) is 0 Å². The van der Waals surface area contributed by atoms with E-state index in [1.54, 1.807) is 18.4 Å². The summed E-state index contributed by atoms with van der Waals surface area (Å²) in [5.74, 6) is 0.0834. The Morgan fingerprint density at radius 1 is 1.23 bits per heavy atom. The van der Waals surface area contributed by atoms with Gasteiger partial charge in [0.05, 0.1) is 12.0 Å². The fourth-order valence-electron chi connectivity index (χ4n) is 3.30. The van der Waals surface area contributed by atoms with Gasteiger partial charge < -0.3 is 5.32 Å². The molecule has 0 bridgehead atoms. The lowest BCUT2D eigenvalue weighted by Crippen LogP contribution is -2.57. The molecule has 4 nitrogen and oxygen atoms in total. The van der Waals surface area contributed by atoms with Crippen molar-refractivity contribution in [3.63, 3.8) is 0 Å². The summed E-state index contributed by atoms with van der Waals surface area (Å²) >= 11 is 7.83. The fourth-order valence-corrected chi connectivity index (χ4v) is 4.79. The molecule has 1 saturated heterocycles. The quantitative estimate of drug-likeness (QED) is 0.666. The third kappa shape index (κ3) is 2.77. The van der Waals surface area contributed by atoms with Crippen LogP contribution >= 0.6 is 22.9 Å². The van der Waals surface area contributed by atoms with Crippen molar-refractivity contribution in [1.29, 1.82) is 5.41 Å². The molecule has 6 heteroatoms. The molecule has 0 spiro atoms. The minimum Gasteiger partial charge on any atom is -0.345 e. The van der Waals surface area contributed by atoms with Gasteiger partial charge in [0.1, 0.15) is 0 Å². The van der Waals surface area contributed by atoms with Crippen LogP contribution in [-0.2, 0) is 10.3 Å². The van der Waals surface area contributed by atoms with Crippen molar-refractivity contribution < 1.29 is 4.79 Å². The van der Waals surface area contributed by atoms with E-state index in [0.717, 1.165) is 26.1 Å². The predicted molar refractivity (Wildman–Crippen MR) is 108 cm³/mol. The number of fused-ring (bicyclic) bond motifs is 1. The summed E-state index contributed by atoms with van der Waals surface area (Å²) in [6.45, 7) is 1.98. The number of carbonyl (C=O) groups excluding carboxylic acids is 1. The normalized spacial score (nSPS) is 20.5. The number of hydrogen-bond donors (Lipinski definition) is 2. The molecule has 1 aliphatic heterocycles. The monoisotopic (exact) mass is 383 g/mol. The molecular weight excluding hydrogens is 366 g/mol. The molecule has 0 aliphatic carbocycles. The van der Waals surface area contributed by atoms with Crippen molar-refractivity contribution in [2.24, 2.45) is 0 Å². The zero-order valence-electron chi connectivity index (χ0n) is 14.5. The number of amides is 1. The van der Waals surface area contributed by atoms with Crippen molar-refractivity contribution >= 4 is 44.9 Å². The molecule has 1 atom stereocenters. The Balaban J connectivity index is 1.83. The van der Waals surface area contributed by atoms with Crippen molar-refractivity contribution in [3.05, 3.63) is 58.4 Å². The van der Waals surface area contributed by atoms with Crippen LogP contribution in [0.2, 0.25) is 5.02 Å². The minimum absolute atomic E-state index is 0.0521. The molecule has 132 valence electrons. The molecule has 0 unspecified atom stereocenters. The lowest BCUT2D eigenvalue weighted by atomic mass is 9.92. The van der Waals surface area contributed by atoms with E-state index < -0.39 is 5.54 Å². The van der Waals surface area contributed by atoms with Gasteiger partial charge in [-0.1, -0.05) is 41.9 Å². The molecule has 2 aromatic carbocycles. The Morgan fingerprint density at radius 2 is 2.00 bits per heavy atom. The highest BCUT2D eigenvalue weighted by atomic mass is 35.5. The van der Waals surface area contributed by atoms with Crippen LogP contribution < -0.4 is 5.32 Å². The smallest absolute Gasteiger partial charge is 0.231 e. The summed E-state index contributed by atoms with van der Waals surface area (Å²) in [6.07, 6.45) is 0.325. The van der Waals surface area contributed by atoms with Gasteiger partial charge >= 0.3 is 0 Å². The van der Waals surface area contributed by atoms with Gasteiger partial charge in [-0.15, -0.1) is 11.3 Å². The maximum absolute atomic E-state index is 12.3. The first-order valence-electron chi connectivity index (χ1n) is 8.30. The van der Waals surface area contributed by atoms with Crippen LogP contribution in [0.15, 0.2) is 48.5 Å². The summed E-state index contributed by atoms with van der Waals surface area (Å²) in [5.41, 5.74) is 1.62. The minimum atomic E-state index is -0.573. The lowest BCUT2D eigenvalue weighted by Gasteiger charge is -2.38. The largest absolute Gasteiger partial charge is 0.345 e. The highest BCUT2D eigenvalue weighted by Gasteiger charge is 2.39. The van der Waals surface area contributed by atoms with Crippen LogP contribution in [-0.4, -0.2) is 23.8 Å². The van der Waals surface area contributed by atoms with E-state index in [4.69, 9.17) is 17.0 Å². The number of thiophene rings is 1. The van der Waals surface area contributed by atoms with Gasteiger partial charge in [0.2, 0.25) is 5.91 Å². The Kier molecular flexibility index (Phi) is 4.01. The number of nitrogens with one attached hydrogen (secondary N) is 2. The molecule has 1 aliphatic rings. The predicted octanol–water partition coefficient (Wildman–Crippen LogP) is 4.82. The first kappa shape index (κ1) is 17.1. The molecule has 1 fully saturated rings. The van der Waals surface area contributed by atoms with E-state index in [1.807, 2.05) is 31.2 Å². The van der Waals surface area contributed by atoms with Crippen molar-refractivity contribution in [2.75, 3.05) is 7.05 Å². The molecule has 2 heterocycles. The number of halogens is 1. The maximum atomic E-state index is 12.3. The zero-order chi connectivity index (χ0) is 18.5. The first-order valence-corrected chi connectivity index (χ1v) is 9.49. The Hall–Kier alpha value is -2.37. The van der Waals surface area contributed by atoms with Crippen molar-refractivity contribution in [1.82, 2.24) is 10.2 Å². The zero-order valence-corrected chi connectivity index (χ0v) is 16.0. The summed E-state index contributed by atoms with van der Waals surface area (Å²) < 4.78 is 1.16. The summed E-state index contributed by atoms with van der Waals surface area (Å²) in [7, 11) is 1.62. The number of benzene rings is 2. The summed E-state index contributed by atoms with van der Waals surface area (Å²) in [6, 6.07) is 16.1. The molecule has 1 amide bonds. The average molecular weight is 384 g/mol. The van der Waals surface area contributed by atoms with Gasteiger partial charge in [0.25, 0.3) is 0 Å². The molecule has 0 radical (unpaired) electrons. The van der Waals surface area contributed by atoms with Gasteiger partial charge in [-0.25, -0.2) is 0 Å². The van der Waals surface area contributed by atoms with E-state index in [0.29, 0.717) is 11.4 Å². The number of guanidine groups is 1. The molecular formula is C20H18ClN3OS. The second-order valence-electron chi connectivity index (χ2n) is 6.78. The highest BCUT2D eigenvalue weighted by molar-refractivity contribution is 7.19. The van der Waals surface area contributed by atoms with E-state index in [9.17, 15) is 4.79 Å². The van der Waals surface area contributed by atoms with Crippen LogP contribution in [0, 0.1) is 5.41 Å². The molecule has 1 aromatic heterocycles. The first-order chi connectivity index (χ1) is 12.4. The lowest BCUT2D eigenvalue weighted by molar-refractivity contribution is -0.129. The van der Waals surface area contributed by atoms with Crippen LogP contribution in [0.4, 0.5) is 0 Å². The van der Waals surface area contributed by atoms with E-state index in [2.05, 4.69) is 29.6 Å². The van der Waals surface area contributed by atoms with Gasteiger partial charge in [-0.2, -0.15) is 0 Å². The van der Waals surface area contributed by atoms with Crippen molar-refractivity contribution in [2.45, 2.75) is 18.9 Å². The Bertz CT molecular complexity index is 1020. The number of nitrogens with zero attached hydrogens (tertiary/aromatic N) is 1. The molecule has 4 rings (SSSR count). The van der Waals surface area contributed by atoms with Gasteiger partial charge in [-0.3, -0.25) is 15.1 Å². The van der Waals surface area contributed by atoms with Crippen LogP contribution in [0.5, 0.6) is 0 Å². The van der Waals surface area contributed by atoms with Crippen LogP contribution in [0.25, 0.3) is 21.2 Å². The van der Waals surface area contributed by atoms with Gasteiger partial charge in [0, 0.05) is 21.6 Å². The molecule has 2 N–H and O–H groups in total. The second kappa shape index (κ2) is 6.11. The SMILES string of the molecule is CN1C(=N)N[C@](C)(c2cc3cccc(-c4cccc(Cl)c4)c3s2)CC1=O. The summed E-state index contributed by atoms with van der Waals surface area (Å²) in [4.78, 5) is 14.7.